The van der Waals surface area contributed by atoms with Crippen molar-refractivity contribution >= 4 is 40.7 Å². The zero-order valence-electron chi connectivity index (χ0n) is 26.1. The van der Waals surface area contributed by atoms with Gasteiger partial charge in [-0.1, -0.05) is 145 Å². The number of hydrogen-bond donors (Lipinski definition) is 2. The van der Waals surface area contributed by atoms with Crippen LogP contribution in [0.15, 0.2) is 103 Å². The number of alkyl halides is 3. The Morgan fingerprint density at radius 2 is 1.52 bits per heavy atom. The van der Waals surface area contributed by atoms with Gasteiger partial charge in [0.2, 0.25) is 0 Å². The first-order valence-electron chi connectivity index (χ1n) is 15.3. The zero-order chi connectivity index (χ0) is 32.8. The number of ether oxygens (including phenoxy) is 2. The molecule has 1 aliphatic heterocycles. The van der Waals surface area contributed by atoms with Gasteiger partial charge in [0.15, 0.2) is 6.29 Å². The van der Waals surface area contributed by atoms with Gasteiger partial charge in [0.1, 0.15) is 0 Å². The van der Waals surface area contributed by atoms with Crippen LogP contribution in [0.5, 0.6) is 0 Å². The number of aliphatic hydroxyl groups is 1. The summed E-state index contributed by atoms with van der Waals surface area (Å²) in [4.78, 5) is 14.5. The number of aliphatic hydroxyl groups excluding tert-OH is 1. The highest BCUT2D eigenvalue weighted by Crippen LogP contribution is 2.42. The van der Waals surface area contributed by atoms with Crippen LogP contribution in [0.4, 0.5) is 0 Å². The number of carbonyl (C=O) groups excluding carboxylic acids is 1. The van der Waals surface area contributed by atoms with Crippen molar-refractivity contribution in [2.24, 2.45) is 5.92 Å². The molecule has 1 fully saturated rings. The fourth-order valence-electron chi connectivity index (χ4n) is 5.81. The van der Waals surface area contributed by atoms with E-state index in [1.165, 1.54) is 5.56 Å². The third-order valence-corrected chi connectivity index (χ3v) is 9.26. The lowest BCUT2D eigenvalue weighted by atomic mass is 9.89. The Labute approximate surface area is 286 Å². The number of carbonyl (C=O) groups is 1. The van der Waals surface area contributed by atoms with Crippen molar-refractivity contribution in [1.82, 2.24) is 10.2 Å². The number of benzene rings is 4. The number of halogens is 3. The molecule has 0 unspecified atom stereocenters. The van der Waals surface area contributed by atoms with Crippen LogP contribution in [0.3, 0.4) is 0 Å². The first-order valence-corrected chi connectivity index (χ1v) is 16.5. The van der Waals surface area contributed by atoms with E-state index < -0.39 is 16.0 Å². The van der Waals surface area contributed by atoms with E-state index in [0.717, 1.165) is 33.4 Å². The zero-order valence-corrected chi connectivity index (χ0v) is 28.3. The summed E-state index contributed by atoms with van der Waals surface area (Å²) in [5.41, 5.74) is 6.86. The summed E-state index contributed by atoms with van der Waals surface area (Å²) < 4.78 is 11.4. The molecule has 5 rings (SSSR count). The van der Waals surface area contributed by atoms with Gasteiger partial charge in [-0.25, -0.2) is 0 Å². The Balaban J connectivity index is 1.38. The molecule has 242 valence electrons. The van der Waals surface area contributed by atoms with Crippen molar-refractivity contribution in [3.05, 3.63) is 131 Å². The Kier molecular flexibility index (Phi) is 11.4. The first-order chi connectivity index (χ1) is 22.0. The minimum Gasteiger partial charge on any atom is -0.392 e. The highest BCUT2D eigenvalue weighted by Gasteiger charge is 2.39. The Morgan fingerprint density at radius 1 is 0.891 bits per heavy atom. The molecular weight excluding hydrogens is 643 g/mol. The molecule has 1 heterocycles. The number of nitrogens with one attached hydrogen (secondary N) is 1. The van der Waals surface area contributed by atoms with Gasteiger partial charge in [-0.15, -0.1) is 0 Å². The summed E-state index contributed by atoms with van der Waals surface area (Å²) in [6.07, 6.45) is -0.907. The Hall–Kier alpha value is -2.94. The van der Waals surface area contributed by atoms with Crippen LogP contribution in [0.25, 0.3) is 11.1 Å². The van der Waals surface area contributed by atoms with Gasteiger partial charge in [-0.05, 0) is 47.4 Å². The van der Waals surface area contributed by atoms with E-state index in [-0.39, 0.29) is 37.3 Å². The average molecular weight is 682 g/mol. The maximum Gasteiger partial charge on any atom is 0.272 e. The summed E-state index contributed by atoms with van der Waals surface area (Å²) in [5, 5.41) is 12.3. The quantitative estimate of drug-likeness (QED) is 0.165. The van der Waals surface area contributed by atoms with Gasteiger partial charge in [-0.2, -0.15) is 0 Å². The molecule has 4 aromatic carbocycles. The van der Waals surface area contributed by atoms with Gasteiger partial charge in [0.05, 0.1) is 18.8 Å². The van der Waals surface area contributed by atoms with Crippen LogP contribution in [-0.2, 0) is 27.4 Å². The van der Waals surface area contributed by atoms with Crippen LogP contribution >= 0.6 is 34.8 Å². The molecule has 0 radical (unpaired) electrons. The number of amides is 1. The SMILES string of the molecule is C[C@@H]1[C@H](CN(C)[C@@H](C)c2ccccc2)O[C@H](c2ccc(-c3ccccc3CNC(=O)C(Cl)(Cl)Cl)cc2)O[C@@H]1c1ccc(CO)cc1. The monoisotopic (exact) mass is 680 g/mol. The lowest BCUT2D eigenvalue weighted by Gasteiger charge is -2.43. The number of likely N-dealkylation sites (N-methyl/N-ethyl adjacent to an activating group) is 1. The van der Waals surface area contributed by atoms with E-state index in [1.54, 1.807) is 0 Å². The molecule has 0 spiro atoms. The summed E-state index contributed by atoms with van der Waals surface area (Å²) >= 11 is 17.2. The number of nitrogens with zero attached hydrogens (tertiary/aromatic N) is 1. The molecule has 0 saturated carbocycles. The van der Waals surface area contributed by atoms with E-state index >= 15 is 0 Å². The third-order valence-electron chi connectivity index (χ3n) is 8.74. The van der Waals surface area contributed by atoms with E-state index in [2.05, 4.69) is 55.4 Å². The molecular formula is C37H39Cl3N2O4. The van der Waals surface area contributed by atoms with Crippen molar-refractivity contribution < 1.29 is 19.4 Å². The fraction of sp³-hybridized carbons (Fsp3) is 0.324. The molecule has 46 heavy (non-hydrogen) atoms. The summed E-state index contributed by atoms with van der Waals surface area (Å²) in [6, 6.07) is 34.5. The molecule has 4 aromatic rings. The predicted octanol–water partition coefficient (Wildman–Crippen LogP) is 8.32. The molecule has 0 aliphatic carbocycles. The molecule has 0 aromatic heterocycles. The van der Waals surface area contributed by atoms with Crippen molar-refractivity contribution in [3.63, 3.8) is 0 Å². The van der Waals surface area contributed by atoms with Crippen molar-refractivity contribution in [1.29, 1.82) is 0 Å². The minimum absolute atomic E-state index is 0.00730. The molecule has 5 atom stereocenters. The maximum absolute atomic E-state index is 12.1. The van der Waals surface area contributed by atoms with Gasteiger partial charge in [0, 0.05) is 30.6 Å². The molecule has 2 N–H and O–H groups in total. The van der Waals surface area contributed by atoms with Crippen LogP contribution in [-0.4, -0.2) is 39.4 Å². The second-order valence-electron chi connectivity index (χ2n) is 11.8. The second-order valence-corrected chi connectivity index (χ2v) is 14.1. The van der Waals surface area contributed by atoms with Crippen LogP contribution in [0.2, 0.25) is 0 Å². The summed E-state index contributed by atoms with van der Waals surface area (Å²) in [5.74, 6) is -0.613. The third kappa shape index (κ3) is 8.31. The van der Waals surface area contributed by atoms with Gasteiger partial charge in [0.25, 0.3) is 9.70 Å². The predicted molar refractivity (Wildman–Crippen MR) is 184 cm³/mol. The summed E-state index contributed by atoms with van der Waals surface area (Å²) in [6.45, 7) is 5.31. The lowest BCUT2D eigenvalue weighted by Crippen LogP contribution is -2.44. The molecule has 1 amide bonds. The van der Waals surface area contributed by atoms with Gasteiger partial charge >= 0.3 is 0 Å². The maximum atomic E-state index is 12.1. The van der Waals surface area contributed by atoms with E-state index in [1.807, 2.05) is 78.9 Å². The minimum atomic E-state index is -2.03. The largest absolute Gasteiger partial charge is 0.392 e. The van der Waals surface area contributed by atoms with Crippen LogP contribution < -0.4 is 5.32 Å². The van der Waals surface area contributed by atoms with Crippen LogP contribution in [0, 0.1) is 5.92 Å². The average Bonchev–Trinajstić information content (AvgIpc) is 3.08. The fourth-order valence-corrected chi connectivity index (χ4v) is 6.01. The standard InChI is InChI=1S/C37H39Cl3N2O4/c1-24-33(22-42(3)25(2)27-9-5-4-6-10-27)45-35(46-34(24)29-15-13-26(23-43)14-16-29)30-19-17-28(18-20-30)32-12-8-7-11-31(32)21-41-36(44)37(38,39)40/h4-20,24-25,33-35,43H,21-23H2,1-3H3,(H,41,44)/t24-,25+,33+,34+,35+/m1/s1. The molecule has 9 heteroatoms. The number of rotatable bonds is 10. The van der Waals surface area contributed by atoms with Crippen molar-refractivity contribution in [2.45, 2.75) is 55.3 Å². The van der Waals surface area contributed by atoms with Gasteiger partial charge in [-0.3, -0.25) is 9.69 Å². The Bertz CT molecular complexity index is 1580. The highest BCUT2D eigenvalue weighted by atomic mass is 35.6. The smallest absolute Gasteiger partial charge is 0.272 e. The Morgan fingerprint density at radius 3 is 2.17 bits per heavy atom. The highest BCUT2D eigenvalue weighted by molar-refractivity contribution is 6.76. The second kappa shape index (κ2) is 15.3. The molecule has 1 saturated heterocycles. The van der Waals surface area contributed by atoms with Crippen LogP contribution in [0.1, 0.15) is 60.1 Å². The summed E-state index contributed by atoms with van der Waals surface area (Å²) in [7, 11) is 2.13. The van der Waals surface area contributed by atoms with Crippen molar-refractivity contribution in [2.75, 3.05) is 13.6 Å². The normalized spacial score (nSPS) is 20.8. The first kappa shape index (κ1) is 34.4. The van der Waals surface area contributed by atoms with E-state index in [4.69, 9.17) is 44.3 Å². The lowest BCUT2D eigenvalue weighted by molar-refractivity contribution is -0.276. The number of hydrogen-bond acceptors (Lipinski definition) is 5. The molecule has 0 bridgehead atoms. The van der Waals surface area contributed by atoms with E-state index in [9.17, 15) is 9.90 Å². The molecule has 1 aliphatic rings. The molecule has 6 nitrogen and oxygen atoms in total. The van der Waals surface area contributed by atoms with Gasteiger partial charge < -0.3 is 19.9 Å². The topological polar surface area (TPSA) is 71.0 Å². The van der Waals surface area contributed by atoms with Crippen molar-refractivity contribution in [3.8, 4) is 11.1 Å². The van der Waals surface area contributed by atoms with E-state index in [0.29, 0.717) is 6.54 Å².